The van der Waals surface area contributed by atoms with Gasteiger partial charge in [0.1, 0.15) is 11.6 Å². The van der Waals surface area contributed by atoms with Crippen LogP contribution in [-0.2, 0) is 11.3 Å². The Kier molecular flexibility index (Phi) is 8.32. The lowest BCUT2D eigenvalue weighted by Crippen LogP contribution is -2.60. The molecule has 0 aromatic carbocycles. The van der Waals surface area contributed by atoms with Crippen LogP contribution in [0.4, 0.5) is 0 Å². The number of hydrogen-bond acceptors (Lipinski definition) is 6. The van der Waals surface area contributed by atoms with Gasteiger partial charge in [-0.1, -0.05) is 0 Å². The molecule has 1 aromatic heterocycles. The Morgan fingerprint density at radius 1 is 1.14 bits per heavy atom. The molecule has 29 heavy (non-hydrogen) atoms. The summed E-state index contributed by atoms with van der Waals surface area (Å²) in [4.78, 5) is 17.1. The number of nitrogens with two attached hydrogens (primary N) is 1. The van der Waals surface area contributed by atoms with Crippen molar-refractivity contribution in [2.45, 2.75) is 62.6 Å². The lowest BCUT2D eigenvalue weighted by atomic mass is 9.86. The number of nitrogens with zero attached hydrogens (tertiary/aromatic N) is 5. The molecule has 3 fully saturated rings. The normalized spacial score (nSPS) is 22.1. The summed E-state index contributed by atoms with van der Waals surface area (Å²) in [6.45, 7) is 4.03. The fourth-order valence-corrected chi connectivity index (χ4v) is 4.48. The van der Waals surface area contributed by atoms with Gasteiger partial charge in [0, 0.05) is 25.0 Å². The highest BCUT2D eigenvalue weighted by Gasteiger charge is 2.40. The Hall–Kier alpha value is -0.930. The zero-order chi connectivity index (χ0) is 19.0. The first kappa shape index (κ1) is 24.3. The van der Waals surface area contributed by atoms with Gasteiger partial charge in [-0.3, -0.25) is 4.79 Å². The molecule has 1 amide bonds. The van der Waals surface area contributed by atoms with E-state index in [1.54, 1.807) is 0 Å². The maximum absolute atomic E-state index is 13.0. The number of rotatable bonds is 5. The summed E-state index contributed by atoms with van der Waals surface area (Å²) in [5, 5.41) is 12.4. The second kappa shape index (κ2) is 9.92. The third-order valence-electron chi connectivity index (χ3n) is 6.23. The second-order valence-corrected chi connectivity index (χ2v) is 8.79. The quantitative estimate of drug-likeness (QED) is 0.706. The maximum Gasteiger partial charge on any atom is 0.242 e. The van der Waals surface area contributed by atoms with E-state index in [1.807, 2.05) is 4.90 Å². The van der Waals surface area contributed by atoms with E-state index >= 15 is 0 Å². The van der Waals surface area contributed by atoms with Crippen molar-refractivity contribution >= 4 is 30.7 Å². The van der Waals surface area contributed by atoms with Gasteiger partial charge >= 0.3 is 0 Å². The first-order valence-corrected chi connectivity index (χ1v) is 10.4. The van der Waals surface area contributed by atoms with Gasteiger partial charge in [0.2, 0.25) is 5.91 Å². The molecule has 0 radical (unpaired) electrons. The average Bonchev–Trinajstić information content (AvgIpc) is 3.42. The van der Waals surface area contributed by atoms with Gasteiger partial charge in [0.15, 0.2) is 0 Å². The number of hydrogen-bond donors (Lipinski definition) is 2. The molecule has 0 spiro atoms. The Balaban J connectivity index is 0.00000150. The summed E-state index contributed by atoms with van der Waals surface area (Å²) in [7, 11) is 4.14. The van der Waals surface area contributed by atoms with Crippen LogP contribution in [0.1, 0.15) is 62.1 Å². The van der Waals surface area contributed by atoms with Crippen molar-refractivity contribution in [3.05, 3.63) is 11.6 Å². The highest BCUT2D eigenvalue weighted by molar-refractivity contribution is 5.86. The fraction of sp³-hybridized carbons (Fsp3) is 0.842. The zero-order valence-corrected chi connectivity index (χ0v) is 19.1. The zero-order valence-electron chi connectivity index (χ0n) is 17.5. The Labute approximate surface area is 185 Å². The third-order valence-corrected chi connectivity index (χ3v) is 6.23. The summed E-state index contributed by atoms with van der Waals surface area (Å²) in [5.41, 5.74) is 5.76. The maximum atomic E-state index is 13.0. The first-order valence-electron chi connectivity index (χ1n) is 10.4. The average molecular weight is 448 g/mol. The molecule has 1 aliphatic carbocycles. The minimum absolute atomic E-state index is 0. The molecular formula is C19H35Cl2N7O. The molecule has 3 aliphatic rings. The Morgan fingerprint density at radius 2 is 1.76 bits per heavy atom. The van der Waals surface area contributed by atoms with Crippen molar-refractivity contribution in [1.29, 1.82) is 0 Å². The summed E-state index contributed by atoms with van der Waals surface area (Å²) in [6.07, 6.45) is 5.82. The van der Waals surface area contributed by atoms with Crippen LogP contribution >= 0.6 is 24.8 Å². The summed E-state index contributed by atoms with van der Waals surface area (Å²) in [6, 6.07) is 0.576. The molecule has 1 aromatic rings. The van der Waals surface area contributed by atoms with Crippen molar-refractivity contribution in [3.63, 3.8) is 0 Å². The van der Waals surface area contributed by atoms with Crippen molar-refractivity contribution < 1.29 is 4.79 Å². The van der Waals surface area contributed by atoms with Gasteiger partial charge < -0.3 is 25.4 Å². The van der Waals surface area contributed by atoms with Crippen LogP contribution in [0.15, 0.2) is 0 Å². The molecule has 1 saturated carbocycles. The number of aromatic nitrogens is 3. The van der Waals surface area contributed by atoms with Crippen LogP contribution in [0, 0.1) is 0 Å². The number of nitrogens with one attached hydrogen (secondary N) is 1. The van der Waals surface area contributed by atoms with Gasteiger partial charge in [-0.25, -0.2) is 0 Å². The third kappa shape index (κ3) is 5.22. The first-order chi connectivity index (χ1) is 13.0. The number of carbonyl (C=O) groups excluding carboxylic acids is 1. The predicted molar refractivity (Wildman–Crippen MR) is 118 cm³/mol. The summed E-state index contributed by atoms with van der Waals surface area (Å²) in [5.74, 6) is 2.73. The van der Waals surface area contributed by atoms with E-state index in [0.29, 0.717) is 12.0 Å². The van der Waals surface area contributed by atoms with E-state index in [-0.39, 0.29) is 30.7 Å². The fourth-order valence-electron chi connectivity index (χ4n) is 4.48. The number of likely N-dealkylation sites (tertiary alicyclic amines) is 1. The molecule has 4 rings (SSSR count). The van der Waals surface area contributed by atoms with Crippen molar-refractivity contribution in [3.8, 4) is 0 Å². The molecule has 8 nitrogen and oxygen atoms in total. The molecule has 2 aliphatic heterocycles. The van der Waals surface area contributed by atoms with E-state index in [9.17, 15) is 4.79 Å². The van der Waals surface area contributed by atoms with E-state index in [1.165, 1.54) is 12.8 Å². The van der Waals surface area contributed by atoms with Gasteiger partial charge in [-0.2, -0.15) is 0 Å². The highest BCUT2D eigenvalue weighted by atomic mass is 35.5. The topological polar surface area (TPSA) is 92.3 Å². The minimum Gasteiger partial charge on any atom is -0.341 e. The smallest absolute Gasteiger partial charge is 0.242 e. The molecular weight excluding hydrogens is 413 g/mol. The predicted octanol–water partition coefficient (Wildman–Crippen LogP) is 1.31. The van der Waals surface area contributed by atoms with Gasteiger partial charge in [0.05, 0.1) is 12.1 Å². The Morgan fingerprint density at radius 3 is 2.31 bits per heavy atom. The largest absolute Gasteiger partial charge is 0.341 e. The van der Waals surface area contributed by atoms with Gasteiger partial charge in [-0.05, 0) is 65.7 Å². The van der Waals surface area contributed by atoms with Crippen LogP contribution in [0.25, 0.3) is 0 Å². The van der Waals surface area contributed by atoms with Crippen LogP contribution in [0.2, 0.25) is 0 Å². The molecule has 10 heteroatoms. The monoisotopic (exact) mass is 447 g/mol. The standard InChI is InChI=1S/C19H33N7O.2ClH/c1-24(2)13-16-22-23-17(26(16)15-3-4-15)14-5-11-25(12-6-14)18(27)19(20)7-9-21-10-8-19;;/h14-15,21H,3-13,20H2,1-2H3;2*1H. The lowest BCUT2D eigenvalue weighted by molar-refractivity contribution is -0.139. The molecule has 0 unspecified atom stereocenters. The molecule has 166 valence electrons. The van der Waals surface area contributed by atoms with Crippen molar-refractivity contribution in [2.75, 3.05) is 40.3 Å². The highest BCUT2D eigenvalue weighted by Crippen LogP contribution is 2.40. The number of carbonyl (C=O) groups is 1. The lowest BCUT2D eigenvalue weighted by Gasteiger charge is -2.40. The molecule has 2 saturated heterocycles. The van der Waals surface area contributed by atoms with Crippen molar-refractivity contribution in [2.24, 2.45) is 5.73 Å². The van der Waals surface area contributed by atoms with E-state index in [4.69, 9.17) is 5.73 Å². The molecule has 0 atom stereocenters. The van der Waals surface area contributed by atoms with Gasteiger partial charge in [-0.15, -0.1) is 35.0 Å². The molecule has 3 N–H and O–H groups in total. The van der Waals surface area contributed by atoms with E-state index in [2.05, 4.69) is 39.1 Å². The number of amides is 1. The minimum atomic E-state index is -0.676. The van der Waals surface area contributed by atoms with Gasteiger partial charge in [0.25, 0.3) is 0 Å². The summed E-state index contributed by atoms with van der Waals surface area (Å²) < 4.78 is 2.39. The van der Waals surface area contributed by atoms with Crippen LogP contribution in [-0.4, -0.2) is 76.3 Å². The summed E-state index contributed by atoms with van der Waals surface area (Å²) >= 11 is 0. The van der Waals surface area contributed by atoms with E-state index < -0.39 is 5.54 Å². The number of halogens is 2. The van der Waals surface area contributed by atoms with Crippen LogP contribution in [0.3, 0.4) is 0 Å². The second-order valence-electron chi connectivity index (χ2n) is 8.79. The number of piperidine rings is 2. The Bertz CT molecular complexity index is 678. The SMILES string of the molecule is CN(C)Cc1nnc(C2CCN(C(=O)C3(N)CCNCC3)CC2)n1C1CC1.Cl.Cl. The molecule has 0 bridgehead atoms. The van der Waals surface area contributed by atoms with Crippen LogP contribution in [0.5, 0.6) is 0 Å². The van der Waals surface area contributed by atoms with E-state index in [0.717, 1.165) is 70.1 Å². The molecule has 3 heterocycles. The van der Waals surface area contributed by atoms with Crippen LogP contribution < -0.4 is 11.1 Å². The van der Waals surface area contributed by atoms with Crippen molar-refractivity contribution in [1.82, 2.24) is 29.9 Å².